The lowest BCUT2D eigenvalue weighted by Crippen LogP contribution is -2.31. The smallest absolute Gasteiger partial charge is 0.292 e. The summed E-state index contributed by atoms with van der Waals surface area (Å²) in [5.41, 5.74) is 0. The summed E-state index contributed by atoms with van der Waals surface area (Å²) in [6.45, 7) is 3.32. The van der Waals surface area contributed by atoms with Gasteiger partial charge in [-0.2, -0.15) is 8.78 Å². The molecule has 1 saturated carbocycles. The zero-order valence-corrected chi connectivity index (χ0v) is 6.35. The fourth-order valence-corrected chi connectivity index (χ4v) is 1.23. The van der Waals surface area contributed by atoms with Crippen molar-refractivity contribution in [1.82, 2.24) is 0 Å². The fourth-order valence-electron chi connectivity index (χ4n) is 1.23. The van der Waals surface area contributed by atoms with Crippen molar-refractivity contribution in [1.29, 1.82) is 0 Å². The molecule has 0 heterocycles. The van der Waals surface area contributed by atoms with Crippen LogP contribution in [0.25, 0.3) is 0 Å². The maximum Gasteiger partial charge on any atom is 0.362 e. The number of rotatable bonds is 2. The highest BCUT2D eigenvalue weighted by Crippen LogP contribution is 2.34. The Bertz CT molecular complexity index is 245. The average Bonchev–Trinajstić information content (AvgIpc) is 2.17. The Morgan fingerprint density at radius 3 is 2.50 bits per heavy atom. The largest absolute Gasteiger partial charge is 0.362 e. The molecule has 0 aromatic carbocycles. The minimum Gasteiger partial charge on any atom is -0.292 e. The van der Waals surface area contributed by atoms with E-state index in [1.165, 1.54) is 6.08 Å². The highest BCUT2D eigenvalue weighted by Gasteiger charge is 2.55. The second kappa shape index (κ2) is 2.77. The van der Waals surface area contributed by atoms with Gasteiger partial charge in [-0.25, -0.2) is 0 Å². The molecule has 66 valence electrons. The first kappa shape index (κ1) is 9.03. The van der Waals surface area contributed by atoms with E-state index in [1.807, 2.05) is 0 Å². The molecule has 1 aliphatic rings. The molecular weight excluding hydrogens is 166 g/mol. The maximum atomic E-state index is 12.6. The summed E-state index contributed by atoms with van der Waals surface area (Å²) >= 11 is 0. The van der Waals surface area contributed by atoms with Crippen molar-refractivity contribution in [2.75, 3.05) is 0 Å². The predicted molar refractivity (Wildman–Crippen MR) is 37.9 cm³/mol. The average molecular weight is 174 g/mol. The third kappa shape index (κ3) is 1.17. The fraction of sp³-hybridized carbons (Fsp3) is 0.500. The molecule has 0 N–H and O–H groups in total. The number of hydrogen-bond donors (Lipinski definition) is 0. The van der Waals surface area contributed by atoms with E-state index >= 15 is 0 Å². The minimum absolute atomic E-state index is 0.153. The van der Waals surface area contributed by atoms with Crippen LogP contribution in [-0.4, -0.2) is 17.5 Å². The van der Waals surface area contributed by atoms with Crippen LogP contribution in [0.5, 0.6) is 0 Å². The van der Waals surface area contributed by atoms with Crippen molar-refractivity contribution >= 4 is 11.6 Å². The first-order valence-corrected chi connectivity index (χ1v) is 3.56. The Labute approximate surface area is 68.3 Å². The molecule has 0 radical (unpaired) electrons. The molecule has 0 amide bonds. The molecule has 0 aliphatic heterocycles. The van der Waals surface area contributed by atoms with Crippen LogP contribution in [0.1, 0.15) is 12.8 Å². The van der Waals surface area contributed by atoms with Crippen molar-refractivity contribution < 1.29 is 18.4 Å². The SMILES string of the molecule is C=CCC1CC(=O)C(F)(F)C1=O. The number of alkyl halides is 2. The molecule has 0 aromatic heterocycles. The molecule has 4 heteroatoms. The second-order valence-electron chi connectivity index (χ2n) is 2.79. The number of hydrogen-bond acceptors (Lipinski definition) is 2. The van der Waals surface area contributed by atoms with Gasteiger partial charge in [0, 0.05) is 12.3 Å². The van der Waals surface area contributed by atoms with Crippen LogP contribution in [0.3, 0.4) is 0 Å². The van der Waals surface area contributed by atoms with E-state index in [0.717, 1.165) is 0 Å². The summed E-state index contributed by atoms with van der Waals surface area (Å²) in [5.74, 6) is -7.12. The zero-order chi connectivity index (χ0) is 9.35. The van der Waals surface area contributed by atoms with Crippen LogP contribution in [-0.2, 0) is 9.59 Å². The molecule has 1 unspecified atom stereocenters. The van der Waals surface area contributed by atoms with Crippen LogP contribution in [0.15, 0.2) is 12.7 Å². The van der Waals surface area contributed by atoms with E-state index in [1.54, 1.807) is 0 Å². The maximum absolute atomic E-state index is 12.6. The number of Topliss-reactive ketones (excluding diaryl/α,β-unsaturated/α-hetero) is 2. The van der Waals surface area contributed by atoms with Crippen LogP contribution < -0.4 is 0 Å². The van der Waals surface area contributed by atoms with Gasteiger partial charge < -0.3 is 0 Å². The number of ketones is 2. The van der Waals surface area contributed by atoms with E-state index < -0.39 is 23.4 Å². The van der Waals surface area contributed by atoms with Crippen molar-refractivity contribution in [2.24, 2.45) is 5.92 Å². The van der Waals surface area contributed by atoms with Gasteiger partial charge in [0.25, 0.3) is 0 Å². The molecule has 1 fully saturated rings. The van der Waals surface area contributed by atoms with Gasteiger partial charge in [0.1, 0.15) is 0 Å². The van der Waals surface area contributed by atoms with Gasteiger partial charge >= 0.3 is 5.92 Å². The third-order valence-electron chi connectivity index (χ3n) is 1.91. The monoisotopic (exact) mass is 174 g/mol. The van der Waals surface area contributed by atoms with Crippen LogP contribution >= 0.6 is 0 Å². The lowest BCUT2D eigenvalue weighted by atomic mass is 10.0. The van der Waals surface area contributed by atoms with E-state index in [0.29, 0.717) is 0 Å². The van der Waals surface area contributed by atoms with E-state index in [4.69, 9.17) is 0 Å². The van der Waals surface area contributed by atoms with Gasteiger partial charge in [-0.15, -0.1) is 6.58 Å². The van der Waals surface area contributed by atoms with Gasteiger partial charge in [0.15, 0.2) is 0 Å². The normalized spacial score (nSPS) is 27.7. The van der Waals surface area contributed by atoms with Gasteiger partial charge in [-0.05, 0) is 6.42 Å². The number of allylic oxidation sites excluding steroid dienone is 1. The van der Waals surface area contributed by atoms with Crippen molar-refractivity contribution in [3.8, 4) is 0 Å². The van der Waals surface area contributed by atoms with Gasteiger partial charge in [0.05, 0.1) is 0 Å². The summed E-state index contributed by atoms with van der Waals surface area (Å²) in [4.78, 5) is 21.4. The van der Waals surface area contributed by atoms with Crippen molar-refractivity contribution in [3.63, 3.8) is 0 Å². The van der Waals surface area contributed by atoms with Crippen LogP contribution in [0, 0.1) is 5.92 Å². The lowest BCUT2D eigenvalue weighted by molar-refractivity contribution is -0.150. The molecule has 0 spiro atoms. The first-order chi connectivity index (χ1) is 5.50. The van der Waals surface area contributed by atoms with Gasteiger partial charge in [-0.1, -0.05) is 6.08 Å². The Morgan fingerprint density at radius 1 is 1.58 bits per heavy atom. The topological polar surface area (TPSA) is 34.1 Å². The van der Waals surface area contributed by atoms with Gasteiger partial charge in [-0.3, -0.25) is 9.59 Å². The zero-order valence-electron chi connectivity index (χ0n) is 6.35. The molecule has 0 bridgehead atoms. The standard InChI is InChI=1S/C8H8F2O2/c1-2-3-5-4-6(11)8(9,10)7(5)12/h2,5H,1,3-4H2. The molecule has 2 nitrogen and oxygen atoms in total. The van der Waals surface area contributed by atoms with E-state index in [-0.39, 0.29) is 12.8 Å². The Kier molecular flexibility index (Phi) is 2.08. The van der Waals surface area contributed by atoms with Crippen molar-refractivity contribution in [3.05, 3.63) is 12.7 Å². The number of halogens is 2. The summed E-state index contributed by atoms with van der Waals surface area (Å²) in [6.07, 6.45) is 1.18. The molecular formula is C8H8F2O2. The quantitative estimate of drug-likeness (QED) is 0.467. The van der Waals surface area contributed by atoms with Gasteiger partial charge in [0.2, 0.25) is 11.6 Å². The van der Waals surface area contributed by atoms with E-state index in [2.05, 4.69) is 6.58 Å². The Morgan fingerprint density at radius 2 is 2.17 bits per heavy atom. The Hall–Kier alpha value is -1.06. The highest BCUT2D eigenvalue weighted by molar-refractivity contribution is 6.15. The highest BCUT2D eigenvalue weighted by atomic mass is 19.3. The molecule has 12 heavy (non-hydrogen) atoms. The lowest BCUT2D eigenvalue weighted by Gasteiger charge is -2.04. The molecule has 1 aliphatic carbocycles. The first-order valence-electron chi connectivity index (χ1n) is 3.56. The number of carbonyl (C=O) groups is 2. The Balaban J connectivity index is 2.83. The molecule has 1 atom stereocenters. The summed E-state index contributed by atoms with van der Waals surface area (Å²) in [5, 5.41) is 0. The summed E-state index contributed by atoms with van der Waals surface area (Å²) in [7, 11) is 0. The van der Waals surface area contributed by atoms with E-state index in [9.17, 15) is 18.4 Å². The van der Waals surface area contributed by atoms with Crippen LogP contribution in [0.4, 0.5) is 8.78 Å². The van der Waals surface area contributed by atoms with Crippen LogP contribution in [0.2, 0.25) is 0 Å². The predicted octanol–water partition coefficient (Wildman–Crippen LogP) is 1.36. The summed E-state index contributed by atoms with van der Waals surface area (Å²) in [6, 6.07) is 0. The molecule has 1 rings (SSSR count). The second-order valence-corrected chi connectivity index (χ2v) is 2.79. The minimum atomic E-state index is -3.74. The molecule has 0 aromatic rings. The molecule has 0 saturated heterocycles. The summed E-state index contributed by atoms with van der Waals surface area (Å²) < 4.78 is 25.1. The number of carbonyl (C=O) groups excluding carboxylic acids is 2. The third-order valence-corrected chi connectivity index (χ3v) is 1.91. The van der Waals surface area contributed by atoms with Crippen molar-refractivity contribution in [2.45, 2.75) is 18.8 Å².